The number of nitrogens with zero attached hydrogens (tertiary/aromatic N) is 5. The highest BCUT2D eigenvalue weighted by Gasteiger charge is 2.47. The molecule has 0 radical (unpaired) electrons. The Bertz CT molecular complexity index is 8730. The largest absolute Gasteiger partial charge is 0.454 e. The molecule has 0 unspecified atom stereocenters. The fourth-order valence-corrected chi connectivity index (χ4v) is 25.2. The van der Waals surface area contributed by atoms with Crippen LogP contribution in [0.25, 0.3) is 118 Å². The van der Waals surface area contributed by atoms with Crippen molar-refractivity contribution < 1.29 is 8.83 Å². The number of benzene rings is 16. The van der Waals surface area contributed by atoms with Crippen LogP contribution in [0.5, 0.6) is 0 Å². The zero-order chi connectivity index (χ0) is 96.1. The van der Waals surface area contributed by atoms with Gasteiger partial charge in [0.25, 0.3) is 13.4 Å². The van der Waals surface area contributed by atoms with E-state index in [0.29, 0.717) is 0 Å². The highest BCUT2D eigenvalue weighted by atomic mass is 35.5. The lowest BCUT2D eigenvalue weighted by molar-refractivity contribution is 0.589. The second-order valence-corrected chi connectivity index (χ2v) is 48.1. The van der Waals surface area contributed by atoms with E-state index in [1.54, 1.807) is 0 Å². The van der Waals surface area contributed by atoms with Crippen LogP contribution in [0.3, 0.4) is 0 Å². The third kappa shape index (κ3) is 14.4. The van der Waals surface area contributed by atoms with E-state index in [-0.39, 0.29) is 45.9 Å². The van der Waals surface area contributed by atoms with Crippen molar-refractivity contribution in [3.05, 3.63) is 376 Å². The number of hydrogen-bond donors (Lipinski definition) is 0. The van der Waals surface area contributed by atoms with Gasteiger partial charge in [-0.3, -0.25) is 0 Å². The molecule has 4 aliphatic rings. The van der Waals surface area contributed by atoms with Crippen LogP contribution in [-0.2, 0) is 38.9 Å². The van der Waals surface area contributed by atoms with Gasteiger partial charge in [-0.05, 0) is 262 Å². The van der Waals surface area contributed by atoms with Crippen LogP contribution >= 0.6 is 34.3 Å². The van der Waals surface area contributed by atoms with Gasteiger partial charge in [-0.15, -0.1) is 22.7 Å². The first-order valence-electron chi connectivity index (χ1n) is 49.3. The molecule has 0 fully saturated rings. The highest BCUT2D eigenvalue weighted by molar-refractivity contribution is 7.27. The number of anilines is 9. The molecule has 10 heterocycles. The molecule has 0 N–H and O–H groups in total. The van der Waals surface area contributed by atoms with Crippen molar-refractivity contribution >= 4 is 238 Å². The van der Waals surface area contributed by atoms with Gasteiger partial charge in [-0.1, -0.05) is 330 Å². The molecule has 12 heteroatoms. The molecule has 0 bridgehead atoms. The molecule has 26 rings (SSSR count). The quantitative estimate of drug-likeness (QED) is 0.149. The van der Waals surface area contributed by atoms with E-state index in [1.165, 1.54) is 174 Å². The monoisotopic (exact) mass is 1860 g/mol. The van der Waals surface area contributed by atoms with Crippen LogP contribution in [0.15, 0.2) is 324 Å². The minimum Gasteiger partial charge on any atom is -0.454 e. The van der Waals surface area contributed by atoms with Crippen LogP contribution in [0.1, 0.15) is 180 Å². The maximum Gasteiger partial charge on any atom is 0.252 e. The summed E-state index contributed by atoms with van der Waals surface area (Å²) in [6.45, 7) is 45.8. The van der Waals surface area contributed by atoms with E-state index in [2.05, 4.69) is 472 Å². The first-order chi connectivity index (χ1) is 66.4. The van der Waals surface area contributed by atoms with E-state index < -0.39 is 0 Å². The van der Waals surface area contributed by atoms with E-state index in [1.807, 2.05) is 28.7 Å². The van der Waals surface area contributed by atoms with Gasteiger partial charge in [0.15, 0.2) is 11.2 Å². The lowest BCUT2D eigenvalue weighted by Gasteiger charge is -2.41. The summed E-state index contributed by atoms with van der Waals surface area (Å²) >= 11 is 10.7. The molecule has 0 amide bonds. The minimum atomic E-state index is -0.0674. The predicted octanol–water partition coefficient (Wildman–Crippen LogP) is 32.8. The highest BCUT2D eigenvalue weighted by Crippen LogP contribution is 2.54. The van der Waals surface area contributed by atoms with Gasteiger partial charge in [-0.25, -0.2) is 0 Å². The first kappa shape index (κ1) is 88.2. The third-order valence-electron chi connectivity index (χ3n) is 29.9. The maximum absolute atomic E-state index is 6.97. The lowest BCUT2D eigenvalue weighted by Crippen LogP contribution is -2.60. The van der Waals surface area contributed by atoms with Gasteiger partial charge in [0.1, 0.15) is 11.2 Å². The second-order valence-electron chi connectivity index (χ2n) is 45.6. The van der Waals surface area contributed by atoms with Crippen LogP contribution in [0, 0.1) is 13.8 Å². The fourth-order valence-electron chi connectivity index (χ4n) is 22.7. The summed E-state index contributed by atoms with van der Waals surface area (Å²) in [7, 11) is 0. The molecule has 0 saturated carbocycles. The molecule has 684 valence electrons. The van der Waals surface area contributed by atoms with Crippen molar-refractivity contribution in [1.82, 2.24) is 9.13 Å². The molecule has 139 heavy (non-hydrogen) atoms. The van der Waals surface area contributed by atoms with E-state index in [9.17, 15) is 0 Å². The third-order valence-corrected chi connectivity index (χ3v) is 32.5. The zero-order valence-corrected chi connectivity index (χ0v) is 85.5. The van der Waals surface area contributed by atoms with Gasteiger partial charge < -0.3 is 32.7 Å². The molecule has 0 saturated heterocycles. The summed E-state index contributed by atoms with van der Waals surface area (Å²) in [5.74, 6) is 0. The van der Waals surface area contributed by atoms with Crippen molar-refractivity contribution in [1.29, 1.82) is 0 Å². The normalized spacial score (nSPS) is 13.5. The number of aryl methyl sites for hydroxylation is 2. The zero-order valence-electron chi connectivity index (χ0n) is 83.1. The van der Waals surface area contributed by atoms with Crippen LogP contribution in [0.2, 0.25) is 5.02 Å². The average Bonchev–Trinajstić information content (AvgIpc) is 1.54. The number of hydrogen-bond acceptors (Lipinski definition) is 7. The van der Waals surface area contributed by atoms with Crippen molar-refractivity contribution in [3.63, 3.8) is 0 Å². The summed E-state index contributed by atoms with van der Waals surface area (Å²) in [4.78, 5) is 7.40. The Hall–Kier alpha value is -13.5. The van der Waals surface area contributed by atoms with Crippen LogP contribution in [-0.4, -0.2) is 22.6 Å². The van der Waals surface area contributed by atoms with Crippen molar-refractivity contribution in [2.75, 3.05) is 14.7 Å². The van der Waals surface area contributed by atoms with Gasteiger partial charge in [0.05, 0.1) is 42.8 Å². The molecular formula is C127H114B2ClN5O2S2. The van der Waals surface area contributed by atoms with Gasteiger partial charge in [-0.2, -0.15) is 0 Å². The van der Waals surface area contributed by atoms with E-state index >= 15 is 0 Å². The molecule has 0 atom stereocenters. The van der Waals surface area contributed by atoms with Gasteiger partial charge in [0.2, 0.25) is 0 Å². The summed E-state index contributed by atoms with van der Waals surface area (Å²) in [6.07, 6.45) is 1.01. The van der Waals surface area contributed by atoms with Crippen molar-refractivity contribution in [2.24, 2.45) is 0 Å². The summed E-state index contributed by atoms with van der Waals surface area (Å²) in [6, 6.07) is 118. The predicted molar refractivity (Wildman–Crippen MR) is 603 cm³/mol. The number of halogens is 1. The fraction of sp³-hybridized carbons (Fsp3) is 0.213. The first-order valence-corrected chi connectivity index (χ1v) is 51.3. The number of furan rings is 2. The van der Waals surface area contributed by atoms with E-state index in [0.717, 1.165) is 95.1 Å². The second kappa shape index (κ2) is 31.7. The van der Waals surface area contributed by atoms with Gasteiger partial charge in [0, 0.05) is 109 Å². The number of para-hydroxylation sites is 4. The Morgan fingerprint density at radius 1 is 0.281 bits per heavy atom. The smallest absolute Gasteiger partial charge is 0.252 e. The minimum absolute atomic E-state index is 0.0212. The summed E-state index contributed by atoms with van der Waals surface area (Å²) in [5, 5.41) is 10.5. The number of rotatable bonds is 7. The molecule has 16 aromatic carbocycles. The Morgan fingerprint density at radius 3 is 1.03 bits per heavy atom. The Balaban J connectivity index is 0.000000130. The molecular weight excluding hydrogens is 1750 g/mol. The lowest BCUT2D eigenvalue weighted by atomic mass is 9.33. The molecule has 0 spiro atoms. The summed E-state index contributed by atoms with van der Waals surface area (Å²) < 4.78 is 24.2. The number of aromatic nitrogens is 2. The standard InChI is InChI=1S/C63H56BN3OS.C43H30BClN2OS.C21H28/c1-37-32-52-56-53(33-37)67-57-47(60-58(67)46-17-12-14-21-55(46)69-60)34-40(63(8,9)10)35-49(57)64(56)48-31-30-43(36-51(48)66(52)50-19-15-18-45-44-16-11-13-20-54(44)68-59(45)50)65(41-26-22-38(23-27-41)61(2,3)4)42-28-24-39(25-29-42)62(5,6)7;1-23-18-34-38-35(19-23)47-39-29(42-40(47)28-11-6-8-15-37(28)49-42)20-24(43(2,3)4)21-31(39)44(38)30-17-16-25(45)22-33(30)46(34)32-13-9-12-27-26-10-5-7-14-36(26)48-41(27)32;1-20(2,3)18-11-7-16(8-12-18)15-17-9-13-19(14-10-17)21(4,5)6/h11-36H,1-10H3;5-22H,1-4H3;7-14H,15H2,1-6H3. The van der Waals surface area contributed by atoms with Crippen LogP contribution in [0.4, 0.5) is 51.2 Å². The van der Waals surface area contributed by atoms with Gasteiger partial charge >= 0.3 is 0 Å². The molecule has 22 aromatic rings. The van der Waals surface area contributed by atoms with Crippen LogP contribution < -0.4 is 47.5 Å². The SMILES string of the molecule is CC(C)(C)c1ccc(Cc2ccc(C(C)(C)C)cc2)cc1.Cc1cc2c3c(c1)-n1c4c(cc(C(C)(C)C)cc4c4sc5ccccc5c41)B3c1ccc(Cl)cc1N2c1cccc2c1oc1ccccc12.Cc1cc2c3c(c1)-n1c4c(cc(C(C)(C)C)cc4c4sc5ccccc5c41)B3c1ccc(N(c3ccc(C(C)(C)C)cc3)c3ccc(C(C)(C)C)cc3)cc1N2c1cccc2c1oc1ccccc12. The molecule has 4 aliphatic heterocycles. The summed E-state index contributed by atoms with van der Waals surface area (Å²) in [5.41, 5.74) is 43.0. The van der Waals surface area contributed by atoms with E-state index in [4.69, 9.17) is 20.4 Å². The number of thiophene rings is 2. The Morgan fingerprint density at radius 2 is 0.626 bits per heavy atom. The topological polar surface area (TPSA) is 45.9 Å². The Kier molecular flexibility index (Phi) is 20.1. The Labute approximate surface area is 829 Å². The molecule has 0 aliphatic carbocycles. The number of fused-ring (bicyclic) bond motifs is 24. The average molecular weight is 1860 g/mol. The van der Waals surface area contributed by atoms with Crippen molar-refractivity contribution in [3.8, 4) is 11.4 Å². The molecule has 7 nitrogen and oxygen atoms in total. The molecule has 6 aromatic heterocycles. The van der Waals surface area contributed by atoms with Crippen molar-refractivity contribution in [2.45, 2.75) is 177 Å². The maximum atomic E-state index is 6.97.